The molecule has 6 rings (SSSR count). The molecule has 5 aromatic rings. The molecule has 7 nitrogen and oxygen atoms in total. The number of aromatic nitrogens is 1. The van der Waals surface area contributed by atoms with Crippen molar-refractivity contribution in [1.29, 1.82) is 0 Å². The van der Waals surface area contributed by atoms with Crippen molar-refractivity contribution in [2.75, 3.05) is 37.0 Å². The van der Waals surface area contributed by atoms with Gasteiger partial charge in [-0.3, -0.25) is 0 Å². The van der Waals surface area contributed by atoms with Gasteiger partial charge in [-0.2, -0.15) is 0 Å². The second-order valence-corrected chi connectivity index (χ2v) is 11.2. The summed E-state index contributed by atoms with van der Waals surface area (Å²) < 4.78 is 18.5. The van der Waals surface area contributed by atoms with Crippen LogP contribution in [0.3, 0.4) is 0 Å². The molecule has 0 aliphatic carbocycles. The number of ether oxygens (including phenoxy) is 3. The minimum Gasteiger partial charge on any atom is -0.497 e. The maximum atomic E-state index is 13.9. The van der Waals surface area contributed by atoms with Gasteiger partial charge in [0, 0.05) is 70.9 Å². The number of anilines is 2. The Bertz CT molecular complexity index is 1840. The van der Waals surface area contributed by atoms with E-state index in [1.807, 2.05) is 55.6 Å². The second kappa shape index (κ2) is 12.6. The van der Waals surface area contributed by atoms with E-state index in [2.05, 4.69) is 72.4 Å². The number of carbonyl (C=O) groups excluding carboxylic acids is 1. The number of carbonyl (C=O) groups is 1. The number of hydrogen-bond donors (Lipinski definition) is 2. The summed E-state index contributed by atoms with van der Waals surface area (Å²) in [5, 5.41) is 4.44. The molecule has 0 spiro atoms. The number of nitrogens with one attached hydrogen (secondary N) is 2. The molecule has 7 heteroatoms. The minimum absolute atomic E-state index is 0.380. The second-order valence-electron chi connectivity index (χ2n) is 11.2. The third-order valence-electron chi connectivity index (χ3n) is 8.89. The lowest BCUT2D eigenvalue weighted by atomic mass is 9.79. The van der Waals surface area contributed by atoms with Crippen molar-refractivity contribution in [2.24, 2.45) is 0 Å². The van der Waals surface area contributed by atoms with E-state index in [4.69, 9.17) is 14.2 Å². The van der Waals surface area contributed by atoms with Gasteiger partial charge >= 0.3 is 5.97 Å². The fraction of sp³-hybridized carbons (Fsp3) is 0.289. The fourth-order valence-corrected chi connectivity index (χ4v) is 6.58. The molecular weight excluding hydrogens is 562 g/mol. The van der Waals surface area contributed by atoms with Gasteiger partial charge in [0.05, 0.1) is 19.3 Å². The average Bonchev–Trinajstić information content (AvgIpc) is 3.63. The summed E-state index contributed by atoms with van der Waals surface area (Å²) in [5.41, 5.74) is 7.00. The molecule has 0 amide bonds. The van der Waals surface area contributed by atoms with Gasteiger partial charge in [0.15, 0.2) is 5.60 Å². The molecule has 232 valence electrons. The van der Waals surface area contributed by atoms with E-state index in [1.165, 1.54) is 11.1 Å². The van der Waals surface area contributed by atoms with Crippen LogP contribution in [0, 0.1) is 0 Å². The van der Waals surface area contributed by atoms with Crippen LogP contribution in [0.15, 0.2) is 85.1 Å². The van der Waals surface area contributed by atoms with Crippen LogP contribution in [0.25, 0.3) is 10.9 Å². The number of nitrogens with zero attached hydrogens (tertiary/aromatic N) is 1. The molecule has 1 unspecified atom stereocenters. The maximum absolute atomic E-state index is 13.9. The van der Waals surface area contributed by atoms with Crippen LogP contribution >= 0.6 is 0 Å². The highest BCUT2D eigenvalue weighted by molar-refractivity contribution is 5.99. The molecule has 2 heterocycles. The first-order chi connectivity index (χ1) is 22.0. The van der Waals surface area contributed by atoms with Crippen LogP contribution in [0.4, 0.5) is 11.4 Å². The number of H-pyrrole nitrogens is 1. The number of rotatable bonds is 12. The first kappa shape index (κ1) is 30.1. The molecule has 0 saturated carbocycles. The molecule has 45 heavy (non-hydrogen) atoms. The predicted octanol–water partition coefficient (Wildman–Crippen LogP) is 8.06. The summed E-state index contributed by atoms with van der Waals surface area (Å²) in [6, 6.07) is 26.5. The lowest BCUT2D eigenvalue weighted by molar-refractivity contribution is 0.0248. The van der Waals surface area contributed by atoms with Crippen molar-refractivity contribution in [1.82, 2.24) is 4.98 Å². The number of hydrogen-bond acceptors (Lipinski definition) is 6. The molecule has 4 aromatic carbocycles. The Hall–Kier alpha value is -4.91. The third kappa shape index (κ3) is 5.26. The SMILES string of the molecule is CCOc1cc(N(CC)CC)ccc1C1(c2c[nH]c3ccc(OC)cc23)OC(=O)c2cc(NCc3ccccc3CC)ccc21. The van der Waals surface area contributed by atoms with Gasteiger partial charge < -0.3 is 29.4 Å². The number of cyclic esters (lactones) is 1. The molecule has 1 aromatic heterocycles. The fourth-order valence-electron chi connectivity index (χ4n) is 6.58. The van der Waals surface area contributed by atoms with Gasteiger partial charge in [-0.25, -0.2) is 4.79 Å². The van der Waals surface area contributed by atoms with Crippen LogP contribution in [0.5, 0.6) is 11.5 Å². The van der Waals surface area contributed by atoms with Crippen molar-refractivity contribution >= 4 is 28.2 Å². The number of methoxy groups -OCH3 is 1. The average molecular weight is 604 g/mol. The summed E-state index contributed by atoms with van der Waals surface area (Å²) in [4.78, 5) is 19.6. The van der Waals surface area contributed by atoms with E-state index in [9.17, 15) is 4.79 Å². The third-order valence-corrected chi connectivity index (χ3v) is 8.89. The molecule has 0 radical (unpaired) electrons. The molecule has 1 atom stereocenters. The van der Waals surface area contributed by atoms with Crippen molar-refractivity contribution < 1.29 is 19.0 Å². The number of esters is 1. The summed E-state index contributed by atoms with van der Waals surface area (Å²) in [5.74, 6) is 1.02. The van der Waals surface area contributed by atoms with E-state index >= 15 is 0 Å². The van der Waals surface area contributed by atoms with Crippen LogP contribution in [0.2, 0.25) is 0 Å². The van der Waals surface area contributed by atoms with E-state index in [-0.39, 0.29) is 5.97 Å². The number of benzene rings is 4. The highest BCUT2D eigenvalue weighted by Gasteiger charge is 2.51. The monoisotopic (exact) mass is 603 g/mol. The zero-order chi connectivity index (χ0) is 31.6. The molecule has 2 N–H and O–H groups in total. The highest BCUT2D eigenvalue weighted by Crippen LogP contribution is 2.52. The van der Waals surface area contributed by atoms with E-state index in [0.717, 1.165) is 64.2 Å². The van der Waals surface area contributed by atoms with Crippen LogP contribution < -0.4 is 19.7 Å². The smallest absolute Gasteiger partial charge is 0.340 e. The first-order valence-electron chi connectivity index (χ1n) is 15.8. The van der Waals surface area contributed by atoms with Crippen LogP contribution in [0.1, 0.15) is 65.9 Å². The molecule has 0 fully saturated rings. The molecule has 1 aliphatic heterocycles. The van der Waals surface area contributed by atoms with Crippen molar-refractivity contribution in [3.63, 3.8) is 0 Å². The minimum atomic E-state index is -1.25. The molecular formula is C38H41N3O4. The van der Waals surface area contributed by atoms with Gasteiger partial charge in [-0.15, -0.1) is 0 Å². The Kier molecular flexibility index (Phi) is 8.44. The Morgan fingerprint density at radius 3 is 2.38 bits per heavy atom. The van der Waals surface area contributed by atoms with E-state index in [0.29, 0.717) is 24.5 Å². The highest BCUT2D eigenvalue weighted by atomic mass is 16.6. The zero-order valence-electron chi connectivity index (χ0n) is 26.7. The van der Waals surface area contributed by atoms with E-state index < -0.39 is 5.60 Å². The summed E-state index contributed by atoms with van der Waals surface area (Å²) in [6.07, 6.45) is 2.90. The number of aromatic amines is 1. The lowest BCUT2D eigenvalue weighted by Gasteiger charge is -2.32. The summed E-state index contributed by atoms with van der Waals surface area (Å²) in [6.45, 7) is 11.3. The van der Waals surface area contributed by atoms with Crippen molar-refractivity contribution in [3.05, 3.63) is 118 Å². The largest absolute Gasteiger partial charge is 0.497 e. The van der Waals surface area contributed by atoms with Gasteiger partial charge in [-0.05, 0) is 80.8 Å². The summed E-state index contributed by atoms with van der Waals surface area (Å²) >= 11 is 0. The predicted molar refractivity (Wildman–Crippen MR) is 181 cm³/mol. The molecule has 0 bridgehead atoms. The first-order valence-corrected chi connectivity index (χ1v) is 15.8. The van der Waals surface area contributed by atoms with E-state index in [1.54, 1.807) is 7.11 Å². The maximum Gasteiger partial charge on any atom is 0.340 e. The van der Waals surface area contributed by atoms with Gasteiger partial charge in [0.25, 0.3) is 0 Å². The Balaban J connectivity index is 1.53. The van der Waals surface area contributed by atoms with Crippen LogP contribution in [-0.2, 0) is 23.3 Å². The Labute approximate surface area is 265 Å². The Morgan fingerprint density at radius 1 is 0.867 bits per heavy atom. The molecule has 1 aliphatic rings. The number of fused-ring (bicyclic) bond motifs is 2. The number of aryl methyl sites for hydroxylation is 1. The quantitative estimate of drug-likeness (QED) is 0.141. The summed E-state index contributed by atoms with van der Waals surface area (Å²) in [7, 11) is 1.65. The lowest BCUT2D eigenvalue weighted by Crippen LogP contribution is -2.30. The van der Waals surface area contributed by atoms with Gasteiger partial charge in [0.1, 0.15) is 11.5 Å². The van der Waals surface area contributed by atoms with Gasteiger partial charge in [0.2, 0.25) is 0 Å². The standard InChI is InChI=1S/C38H41N3O4/c1-6-25-12-10-11-13-26(25)23-39-27-14-17-32-31(20-27)37(42)45-38(32,34-24-40-35-19-16-29(43-5)22-30(34)35)33-18-15-28(41(7-2)8-3)21-36(33)44-9-4/h10-22,24,39-40H,6-9,23H2,1-5H3. The normalized spacial score (nSPS) is 15.5. The van der Waals surface area contributed by atoms with Crippen molar-refractivity contribution in [3.8, 4) is 11.5 Å². The van der Waals surface area contributed by atoms with Gasteiger partial charge in [-0.1, -0.05) is 37.3 Å². The zero-order valence-corrected chi connectivity index (χ0v) is 26.7. The van der Waals surface area contributed by atoms with Crippen LogP contribution in [-0.4, -0.2) is 37.8 Å². The topological polar surface area (TPSA) is 75.8 Å². The van der Waals surface area contributed by atoms with Crippen molar-refractivity contribution in [2.45, 2.75) is 46.3 Å². The Morgan fingerprint density at radius 2 is 1.64 bits per heavy atom. The molecule has 0 saturated heterocycles.